The lowest BCUT2D eigenvalue weighted by Gasteiger charge is -2.31. The van der Waals surface area contributed by atoms with E-state index in [0.29, 0.717) is 5.92 Å². The quantitative estimate of drug-likeness (QED) is 0.841. The lowest BCUT2D eigenvalue weighted by atomic mass is 10.1. The second-order valence-corrected chi connectivity index (χ2v) is 7.08. The molecule has 2 rings (SSSR count). The predicted octanol–water partition coefficient (Wildman–Crippen LogP) is 3.07. The third-order valence-electron chi connectivity index (χ3n) is 2.91. The van der Waals surface area contributed by atoms with Crippen LogP contribution in [-0.2, 0) is 6.42 Å². The number of hydrogen-bond acceptors (Lipinski definition) is 5. The van der Waals surface area contributed by atoms with Gasteiger partial charge in [-0.15, -0.1) is 0 Å². The Bertz CT molecular complexity index is 351. The highest BCUT2D eigenvalue weighted by molar-refractivity contribution is 8.00. The SMILES string of the molecule is CCC1CN(c2nc(CC(C)C)ns2)CCS1. The molecule has 0 aliphatic carbocycles. The van der Waals surface area contributed by atoms with Crippen molar-refractivity contribution in [1.29, 1.82) is 0 Å². The molecule has 3 nitrogen and oxygen atoms in total. The van der Waals surface area contributed by atoms with E-state index in [1.807, 2.05) is 0 Å². The zero-order chi connectivity index (χ0) is 12.3. The van der Waals surface area contributed by atoms with Crippen LogP contribution in [0.2, 0.25) is 0 Å². The fraction of sp³-hybridized carbons (Fsp3) is 0.833. The van der Waals surface area contributed by atoms with Crippen LogP contribution in [0.4, 0.5) is 5.13 Å². The van der Waals surface area contributed by atoms with Crippen molar-refractivity contribution >= 4 is 28.4 Å². The lowest BCUT2D eigenvalue weighted by Crippen LogP contribution is -2.37. The Balaban J connectivity index is 1.99. The largest absolute Gasteiger partial charge is 0.345 e. The second-order valence-electron chi connectivity index (χ2n) is 4.94. The molecule has 0 N–H and O–H groups in total. The summed E-state index contributed by atoms with van der Waals surface area (Å²) in [4.78, 5) is 7.08. The van der Waals surface area contributed by atoms with Crippen molar-refractivity contribution in [3.05, 3.63) is 5.82 Å². The molecule has 2 heterocycles. The minimum atomic E-state index is 0.637. The first-order valence-electron chi connectivity index (χ1n) is 6.38. The van der Waals surface area contributed by atoms with Gasteiger partial charge >= 0.3 is 0 Å². The van der Waals surface area contributed by atoms with E-state index >= 15 is 0 Å². The maximum Gasteiger partial charge on any atom is 0.205 e. The molecule has 5 heteroatoms. The van der Waals surface area contributed by atoms with Gasteiger partial charge in [0.25, 0.3) is 0 Å². The van der Waals surface area contributed by atoms with Crippen LogP contribution >= 0.6 is 23.3 Å². The maximum absolute atomic E-state index is 4.67. The molecule has 0 bridgehead atoms. The Morgan fingerprint density at radius 3 is 3.00 bits per heavy atom. The summed E-state index contributed by atoms with van der Waals surface area (Å²) in [5.74, 6) is 2.88. The maximum atomic E-state index is 4.67. The Morgan fingerprint density at radius 2 is 2.29 bits per heavy atom. The Hall–Kier alpha value is -0.290. The monoisotopic (exact) mass is 271 g/mol. The van der Waals surface area contributed by atoms with Crippen molar-refractivity contribution in [2.24, 2.45) is 5.92 Å². The normalized spacial score (nSPS) is 21.2. The minimum Gasteiger partial charge on any atom is -0.345 e. The third kappa shape index (κ3) is 3.58. The van der Waals surface area contributed by atoms with Gasteiger partial charge in [-0.2, -0.15) is 16.1 Å². The Morgan fingerprint density at radius 1 is 1.47 bits per heavy atom. The van der Waals surface area contributed by atoms with E-state index in [1.165, 1.54) is 12.2 Å². The molecule has 1 aliphatic rings. The first-order chi connectivity index (χ1) is 8.19. The molecule has 1 saturated heterocycles. The number of nitrogens with zero attached hydrogens (tertiary/aromatic N) is 3. The second kappa shape index (κ2) is 6.05. The van der Waals surface area contributed by atoms with Crippen LogP contribution in [0, 0.1) is 5.92 Å². The van der Waals surface area contributed by atoms with Crippen LogP contribution in [0.15, 0.2) is 0 Å². The molecule has 1 aromatic rings. The van der Waals surface area contributed by atoms with E-state index in [2.05, 4.69) is 46.8 Å². The van der Waals surface area contributed by atoms with Crippen LogP contribution in [0.25, 0.3) is 0 Å². The average Bonchev–Trinajstić information content (AvgIpc) is 2.77. The molecular weight excluding hydrogens is 250 g/mol. The minimum absolute atomic E-state index is 0.637. The molecule has 1 aromatic heterocycles. The van der Waals surface area contributed by atoms with E-state index in [4.69, 9.17) is 0 Å². The molecule has 17 heavy (non-hydrogen) atoms. The van der Waals surface area contributed by atoms with Gasteiger partial charge in [0.1, 0.15) is 5.82 Å². The molecule has 96 valence electrons. The standard InChI is InChI=1S/C12H21N3S2/c1-4-10-8-15(5-6-16-10)12-13-11(14-17-12)7-9(2)3/h9-10H,4-8H2,1-3H3. The molecule has 0 amide bonds. The van der Waals surface area contributed by atoms with Crippen LogP contribution in [-0.4, -0.2) is 33.4 Å². The zero-order valence-electron chi connectivity index (χ0n) is 10.8. The van der Waals surface area contributed by atoms with Crippen LogP contribution in [0.3, 0.4) is 0 Å². The van der Waals surface area contributed by atoms with Gasteiger partial charge in [0.2, 0.25) is 5.13 Å². The highest BCUT2D eigenvalue weighted by Crippen LogP contribution is 2.27. The highest BCUT2D eigenvalue weighted by Gasteiger charge is 2.21. The summed E-state index contributed by atoms with van der Waals surface area (Å²) in [5, 5.41) is 1.89. The molecular formula is C12H21N3S2. The van der Waals surface area contributed by atoms with Gasteiger partial charge in [-0.3, -0.25) is 0 Å². The first-order valence-corrected chi connectivity index (χ1v) is 8.20. The van der Waals surface area contributed by atoms with Crippen molar-refractivity contribution < 1.29 is 0 Å². The van der Waals surface area contributed by atoms with Crippen molar-refractivity contribution in [1.82, 2.24) is 9.36 Å². The number of rotatable bonds is 4. The lowest BCUT2D eigenvalue weighted by molar-refractivity contribution is 0.626. The molecule has 1 atom stereocenters. The number of anilines is 1. The summed E-state index contributed by atoms with van der Waals surface area (Å²) < 4.78 is 4.46. The van der Waals surface area contributed by atoms with Crippen molar-refractivity contribution in [3.63, 3.8) is 0 Å². The Labute approximate surface area is 112 Å². The summed E-state index contributed by atoms with van der Waals surface area (Å²) in [6, 6.07) is 0. The van der Waals surface area contributed by atoms with E-state index in [9.17, 15) is 0 Å². The van der Waals surface area contributed by atoms with Gasteiger partial charge in [0.15, 0.2) is 0 Å². The van der Waals surface area contributed by atoms with Gasteiger partial charge in [-0.25, -0.2) is 4.98 Å². The number of hydrogen-bond donors (Lipinski definition) is 0. The number of thioether (sulfide) groups is 1. The molecule has 0 saturated carbocycles. The topological polar surface area (TPSA) is 29.0 Å². The van der Waals surface area contributed by atoms with E-state index in [0.717, 1.165) is 35.7 Å². The summed E-state index contributed by atoms with van der Waals surface area (Å²) in [6.07, 6.45) is 2.25. The van der Waals surface area contributed by atoms with E-state index in [-0.39, 0.29) is 0 Å². The summed E-state index contributed by atoms with van der Waals surface area (Å²) >= 11 is 3.66. The van der Waals surface area contributed by atoms with Crippen molar-refractivity contribution in [2.75, 3.05) is 23.7 Å². The predicted molar refractivity (Wildman–Crippen MR) is 77.2 cm³/mol. The molecule has 1 unspecified atom stereocenters. The van der Waals surface area contributed by atoms with Crippen LogP contribution < -0.4 is 4.90 Å². The third-order valence-corrected chi connectivity index (χ3v) is 5.10. The highest BCUT2D eigenvalue weighted by atomic mass is 32.2. The fourth-order valence-electron chi connectivity index (χ4n) is 1.96. The molecule has 1 aliphatic heterocycles. The summed E-state index contributed by atoms with van der Waals surface area (Å²) in [6.45, 7) is 8.96. The van der Waals surface area contributed by atoms with Crippen LogP contribution in [0.1, 0.15) is 33.0 Å². The van der Waals surface area contributed by atoms with Gasteiger partial charge in [-0.05, 0) is 12.3 Å². The van der Waals surface area contributed by atoms with Crippen LogP contribution in [0.5, 0.6) is 0 Å². The molecule has 0 aromatic carbocycles. The number of aromatic nitrogens is 2. The molecule has 0 radical (unpaired) electrons. The van der Waals surface area contributed by atoms with Gasteiger partial charge in [0, 0.05) is 42.0 Å². The first kappa shape index (κ1) is 13.1. The summed E-state index contributed by atoms with van der Waals surface area (Å²) in [5.41, 5.74) is 0. The van der Waals surface area contributed by atoms with Gasteiger partial charge in [0.05, 0.1) is 0 Å². The fourth-order valence-corrected chi connectivity index (χ4v) is 3.87. The van der Waals surface area contributed by atoms with Crippen molar-refractivity contribution in [2.45, 2.75) is 38.9 Å². The zero-order valence-corrected chi connectivity index (χ0v) is 12.5. The Kier molecular flexibility index (Phi) is 4.68. The van der Waals surface area contributed by atoms with Gasteiger partial charge in [-0.1, -0.05) is 20.8 Å². The molecule has 1 fully saturated rings. The van der Waals surface area contributed by atoms with E-state index in [1.54, 1.807) is 11.5 Å². The smallest absolute Gasteiger partial charge is 0.205 e. The average molecular weight is 271 g/mol. The van der Waals surface area contributed by atoms with E-state index < -0.39 is 0 Å². The van der Waals surface area contributed by atoms with Crippen molar-refractivity contribution in [3.8, 4) is 0 Å². The summed E-state index contributed by atoms with van der Waals surface area (Å²) in [7, 11) is 0. The van der Waals surface area contributed by atoms with Gasteiger partial charge < -0.3 is 4.90 Å². The molecule has 0 spiro atoms.